The Balaban J connectivity index is 2.06. The summed E-state index contributed by atoms with van der Waals surface area (Å²) in [5, 5.41) is 0. The van der Waals surface area contributed by atoms with Crippen LogP contribution >= 0.6 is 0 Å². The third-order valence-corrected chi connectivity index (χ3v) is 3.00. The molecule has 1 aromatic carbocycles. The van der Waals surface area contributed by atoms with Crippen molar-refractivity contribution in [3.63, 3.8) is 0 Å². The molecule has 0 saturated heterocycles. The lowest BCUT2D eigenvalue weighted by Gasteiger charge is -2.13. The van der Waals surface area contributed by atoms with E-state index in [2.05, 4.69) is 18.2 Å². The van der Waals surface area contributed by atoms with Crippen LogP contribution in [-0.2, 0) is 24.2 Å². The van der Waals surface area contributed by atoms with E-state index in [1.165, 1.54) is 36.0 Å². The molecule has 0 atom stereocenters. The van der Waals surface area contributed by atoms with Crippen LogP contribution < -0.4 is 0 Å². The lowest BCUT2D eigenvalue weighted by molar-refractivity contribution is -0.108. The maximum Gasteiger partial charge on any atom is 0.133 e. The van der Waals surface area contributed by atoms with Gasteiger partial charge in [-0.05, 0) is 43.0 Å². The molecule has 0 aromatic heterocycles. The standard InChI is InChI=1S/C13H17NO/c1-14(7-8-15)10-11-5-6-12-3-2-4-13(12)9-11/h5-6,8-9H,2-4,7,10H2,1H3. The highest BCUT2D eigenvalue weighted by molar-refractivity contribution is 5.51. The number of hydrogen-bond acceptors (Lipinski definition) is 2. The first kappa shape index (κ1) is 10.4. The maximum atomic E-state index is 10.4. The molecule has 0 amide bonds. The average molecular weight is 203 g/mol. The Morgan fingerprint density at radius 2 is 2.13 bits per heavy atom. The molecule has 1 aliphatic rings. The summed E-state index contributed by atoms with van der Waals surface area (Å²) in [6, 6.07) is 6.72. The van der Waals surface area contributed by atoms with E-state index in [0.29, 0.717) is 6.54 Å². The summed E-state index contributed by atoms with van der Waals surface area (Å²) in [4.78, 5) is 12.4. The number of aldehydes is 1. The molecule has 0 fully saturated rings. The van der Waals surface area contributed by atoms with Crippen LogP contribution in [0.2, 0.25) is 0 Å². The van der Waals surface area contributed by atoms with Crippen molar-refractivity contribution in [3.05, 3.63) is 34.9 Å². The Morgan fingerprint density at radius 3 is 2.93 bits per heavy atom. The van der Waals surface area contributed by atoms with Crippen LogP contribution in [0.15, 0.2) is 18.2 Å². The van der Waals surface area contributed by atoms with E-state index in [-0.39, 0.29) is 0 Å². The summed E-state index contributed by atoms with van der Waals surface area (Å²) in [6.45, 7) is 1.38. The first-order valence-corrected chi connectivity index (χ1v) is 5.52. The second-order valence-corrected chi connectivity index (χ2v) is 4.32. The number of carbonyl (C=O) groups is 1. The predicted octanol–water partition coefficient (Wildman–Crippen LogP) is 1.81. The molecule has 0 spiro atoms. The Bertz CT molecular complexity index is 360. The van der Waals surface area contributed by atoms with Crippen molar-refractivity contribution in [1.82, 2.24) is 4.90 Å². The molecule has 0 saturated carbocycles. The Kier molecular flexibility index (Phi) is 3.17. The van der Waals surface area contributed by atoms with Crippen molar-refractivity contribution in [3.8, 4) is 0 Å². The van der Waals surface area contributed by atoms with E-state index in [1.54, 1.807) is 0 Å². The van der Waals surface area contributed by atoms with E-state index in [0.717, 1.165) is 12.8 Å². The van der Waals surface area contributed by atoms with Crippen molar-refractivity contribution >= 4 is 6.29 Å². The largest absolute Gasteiger partial charge is 0.302 e. The number of likely N-dealkylation sites (N-methyl/N-ethyl adjacent to an activating group) is 1. The second-order valence-electron chi connectivity index (χ2n) is 4.32. The zero-order chi connectivity index (χ0) is 10.7. The third kappa shape index (κ3) is 2.45. The first-order chi connectivity index (χ1) is 7.29. The monoisotopic (exact) mass is 203 g/mol. The van der Waals surface area contributed by atoms with Gasteiger partial charge >= 0.3 is 0 Å². The van der Waals surface area contributed by atoms with Gasteiger partial charge in [-0.15, -0.1) is 0 Å². The number of carbonyl (C=O) groups excluding carboxylic acids is 1. The van der Waals surface area contributed by atoms with Crippen LogP contribution in [0.4, 0.5) is 0 Å². The second kappa shape index (κ2) is 4.58. The van der Waals surface area contributed by atoms with Crippen molar-refractivity contribution in [1.29, 1.82) is 0 Å². The van der Waals surface area contributed by atoms with Crippen LogP contribution in [0.25, 0.3) is 0 Å². The number of fused-ring (bicyclic) bond motifs is 1. The minimum absolute atomic E-state index is 0.511. The summed E-state index contributed by atoms with van der Waals surface area (Å²) in [5.41, 5.74) is 4.34. The Hall–Kier alpha value is -1.15. The highest BCUT2D eigenvalue weighted by atomic mass is 16.1. The van der Waals surface area contributed by atoms with Gasteiger partial charge in [0.1, 0.15) is 6.29 Å². The first-order valence-electron chi connectivity index (χ1n) is 5.52. The van der Waals surface area contributed by atoms with E-state index < -0.39 is 0 Å². The van der Waals surface area contributed by atoms with Crippen LogP contribution in [0.1, 0.15) is 23.1 Å². The van der Waals surface area contributed by atoms with E-state index in [4.69, 9.17) is 0 Å². The van der Waals surface area contributed by atoms with Gasteiger partial charge in [-0.2, -0.15) is 0 Å². The molecule has 0 N–H and O–H groups in total. The SMILES string of the molecule is CN(CC=O)Cc1ccc2c(c1)CCC2. The maximum absolute atomic E-state index is 10.4. The molecule has 2 nitrogen and oxygen atoms in total. The molecule has 15 heavy (non-hydrogen) atoms. The quantitative estimate of drug-likeness (QED) is 0.695. The van der Waals surface area contributed by atoms with Gasteiger partial charge in [0.2, 0.25) is 0 Å². The molecule has 0 aliphatic heterocycles. The number of aryl methyl sites for hydroxylation is 2. The van der Waals surface area contributed by atoms with Crippen molar-refractivity contribution in [2.45, 2.75) is 25.8 Å². The topological polar surface area (TPSA) is 20.3 Å². The zero-order valence-electron chi connectivity index (χ0n) is 9.20. The van der Waals surface area contributed by atoms with Crippen LogP contribution in [0.3, 0.4) is 0 Å². The van der Waals surface area contributed by atoms with Gasteiger partial charge in [0.25, 0.3) is 0 Å². The zero-order valence-corrected chi connectivity index (χ0v) is 9.20. The fourth-order valence-electron chi connectivity index (χ4n) is 2.23. The molecular weight excluding hydrogens is 186 g/mol. The molecule has 2 heteroatoms. The summed E-state index contributed by atoms with van der Waals surface area (Å²) in [7, 11) is 1.97. The molecule has 0 unspecified atom stereocenters. The Labute approximate surface area is 90.9 Å². The number of rotatable bonds is 4. The molecule has 0 bridgehead atoms. The summed E-state index contributed by atoms with van der Waals surface area (Å²) >= 11 is 0. The van der Waals surface area contributed by atoms with Crippen LogP contribution in [-0.4, -0.2) is 24.8 Å². The van der Waals surface area contributed by atoms with Gasteiger partial charge in [0, 0.05) is 6.54 Å². The highest BCUT2D eigenvalue weighted by Crippen LogP contribution is 2.23. The van der Waals surface area contributed by atoms with E-state index in [1.807, 2.05) is 11.9 Å². The van der Waals surface area contributed by atoms with Crippen molar-refractivity contribution < 1.29 is 4.79 Å². The third-order valence-electron chi connectivity index (χ3n) is 3.00. The Morgan fingerprint density at radius 1 is 1.33 bits per heavy atom. The van der Waals surface area contributed by atoms with Crippen molar-refractivity contribution in [2.75, 3.05) is 13.6 Å². The number of hydrogen-bond donors (Lipinski definition) is 0. The van der Waals surface area contributed by atoms with Gasteiger partial charge in [-0.1, -0.05) is 18.2 Å². The molecule has 2 rings (SSSR count). The van der Waals surface area contributed by atoms with Gasteiger partial charge in [0.15, 0.2) is 0 Å². The lowest BCUT2D eigenvalue weighted by Crippen LogP contribution is -2.19. The summed E-state index contributed by atoms with van der Waals surface area (Å²) in [6.07, 6.45) is 4.71. The van der Waals surface area contributed by atoms with Gasteiger partial charge < -0.3 is 4.79 Å². The minimum atomic E-state index is 0.511. The molecule has 1 aromatic rings. The fraction of sp³-hybridized carbons (Fsp3) is 0.462. The van der Waals surface area contributed by atoms with Gasteiger partial charge in [-0.25, -0.2) is 0 Å². The molecule has 0 radical (unpaired) electrons. The highest BCUT2D eigenvalue weighted by Gasteiger charge is 2.11. The van der Waals surface area contributed by atoms with Crippen molar-refractivity contribution in [2.24, 2.45) is 0 Å². The molecule has 80 valence electrons. The molecule has 0 heterocycles. The molecule has 1 aliphatic carbocycles. The average Bonchev–Trinajstić information content (AvgIpc) is 2.65. The molecular formula is C13H17NO. The van der Waals surface area contributed by atoms with E-state index in [9.17, 15) is 4.79 Å². The summed E-state index contributed by atoms with van der Waals surface area (Å²) < 4.78 is 0. The fourth-order valence-corrected chi connectivity index (χ4v) is 2.23. The lowest BCUT2D eigenvalue weighted by atomic mass is 10.1. The van der Waals surface area contributed by atoms with Crippen LogP contribution in [0, 0.1) is 0 Å². The van der Waals surface area contributed by atoms with Crippen LogP contribution in [0.5, 0.6) is 0 Å². The summed E-state index contributed by atoms with van der Waals surface area (Å²) in [5.74, 6) is 0. The minimum Gasteiger partial charge on any atom is -0.302 e. The predicted molar refractivity (Wildman–Crippen MR) is 60.9 cm³/mol. The van der Waals surface area contributed by atoms with Gasteiger partial charge in [0.05, 0.1) is 6.54 Å². The number of benzene rings is 1. The van der Waals surface area contributed by atoms with E-state index >= 15 is 0 Å². The van der Waals surface area contributed by atoms with Gasteiger partial charge in [-0.3, -0.25) is 4.90 Å². The number of nitrogens with zero attached hydrogens (tertiary/aromatic N) is 1. The normalized spacial score (nSPS) is 14.3. The smallest absolute Gasteiger partial charge is 0.133 e.